The molecule has 6 nitrogen and oxygen atoms in total. The summed E-state index contributed by atoms with van der Waals surface area (Å²) in [6, 6.07) is 3.91. The lowest BCUT2D eigenvalue weighted by atomic mass is 10.2. The molecule has 3 rings (SSSR count). The summed E-state index contributed by atoms with van der Waals surface area (Å²) in [6.07, 6.45) is 1.66. The van der Waals surface area contributed by atoms with Gasteiger partial charge in [0.05, 0.1) is 4.88 Å². The van der Waals surface area contributed by atoms with Crippen molar-refractivity contribution in [1.82, 2.24) is 15.0 Å². The molecule has 3 aromatic heterocycles. The fourth-order valence-corrected chi connectivity index (χ4v) is 3.26. The number of carbonyl (C=O) groups excluding carboxylic acids is 1. The first-order valence-corrected chi connectivity index (χ1v) is 9.00. The predicted octanol–water partition coefficient (Wildman–Crippen LogP) is 3.32. The van der Waals surface area contributed by atoms with Crippen LogP contribution in [0.1, 0.15) is 11.3 Å². The number of hydrogen-bond donors (Lipinski definition) is 0. The molecule has 0 radical (unpaired) electrons. The van der Waals surface area contributed by atoms with Crippen molar-refractivity contribution in [2.24, 2.45) is 0 Å². The first kappa shape index (κ1) is 16.5. The van der Waals surface area contributed by atoms with E-state index < -0.39 is 0 Å². The maximum atomic E-state index is 12.3. The monoisotopic (exact) mass is 360 g/mol. The Hall–Kier alpha value is -2.32. The predicted molar refractivity (Wildman–Crippen MR) is 95.8 cm³/mol. The van der Waals surface area contributed by atoms with Crippen molar-refractivity contribution < 1.29 is 9.53 Å². The minimum Gasteiger partial charge on any atom is -0.467 e. The number of amides is 1. The molecular formula is C16H16N4O2S2. The van der Waals surface area contributed by atoms with Gasteiger partial charge in [-0.15, -0.1) is 22.7 Å². The van der Waals surface area contributed by atoms with Gasteiger partial charge in [-0.2, -0.15) is 4.98 Å². The molecular weight excluding hydrogens is 344 g/mol. The number of nitrogens with zero attached hydrogens (tertiary/aromatic N) is 4. The fraction of sp³-hybridized carbons (Fsp3) is 0.250. The molecule has 0 atom stereocenters. The number of ether oxygens (including phenoxy) is 1. The lowest BCUT2D eigenvalue weighted by Crippen LogP contribution is -2.31. The van der Waals surface area contributed by atoms with Gasteiger partial charge in [0.15, 0.2) is 17.6 Å². The first-order chi connectivity index (χ1) is 11.6. The SMILES string of the molecule is Cc1nc(-c2cccs2)nc(OCC(=O)N(C)c2nccs2)c1C. The van der Waals surface area contributed by atoms with Crippen molar-refractivity contribution in [3.05, 3.63) is 40.3 Å². The van der Waals surface area contributed by atoms with Crippen LogP contribution in [0.15, 0.2) is 29.1 Å². The van der Waals surface area contributed by atoms with Crippen molar-refractivity contribution in [3.63, 3.8) is 0 Å². The Morgan fingerprint density at radius 3 is 2.75 bits per heavy atom. The van der Waals surface area contributed by atoms with Crippen LogP contribution < -0.4 is 9.64 Å². The zero-order valence-electron chi connectivity index (χ0n) is 13.5. The molecule has 1 amide bonds. The summed E-state index contributed by atoms with van der Waals surface area (Å²) in [5.41, 5.74) is 1.67. The Kier molecular flexibility index (Phi) is 4.86. The van der Waals surface area contributed by atoms with Crippen LogP contribution in [0.3, 0.4) is 0 Å². The second-order valence-electron chi connectivity index (χ2n) is 5.10. The quantitative estimate of drug-likeness (QED) is 0.698. The molecule has 3 aromatic rings. The number of thiazole rings is 1. The Balaban J connectivity index is 1.76. The number of aryl methyl sites for hydroxylation is 1. The number of thiophene rings is 1. The zero-order valence-corrected chi connectivity index (χ0v) is 15.1. The highest BCUT2D eigenvalue weighted by Crippen LogP contribution is 2.26. The summed E-state index contributed by atoms with van der Waals surface area (Å²) in [5.74, 6) is 0.869. The Morgan fingerprint density at radius 1 is 1.25 bits per heavy atom. The van der Waals surface area contributed by atoms with Crippen molar-refractivity contribution in [3.8, 4) is 16.6 Å². The third-order valence-electron chi connectivity index (χ3n) is 3.50. The first-order valence-electron chi connectivity index (χ1n) is 7.24. The molecule has 0 bridgehead atoms. The Morgan fingerprint density at radius 2 is 2.08 bits per heavy atom. The van der Waals surface area contributed by atoms with Crippen LogP contribution in [0.4, 0.5) is 5.13 Å². The lowest BCUT2D eigenvalue weighted by molar-refractivity contribution is -0.120. The Bertz CT molecular complexity index is 832. The van der Waals surface area contributed by atoms with Crippen LogP contribution in [0.2, 0.25) is 0 Å². The van der Waals surface area contributed by atoms with Crippen LogP contribution in [-0.2, 0) is 4.79 Å². The third kappa shape index (κ3) is 3.44. The maximum Gasteiger partial charge on any atom is 0.266 e. The molecule has 0 spiro atoms. The van der Waals surface area contributed by atoms with Gasteiger partial charge in [-0.1, -0.05) is 6.07 Å². The molecule has 0 aromatic carbocycles. The Labute approximate surface area is 147 Å². The van der Waals surface area contributed by atoms with E-state index >= 15 is 0 Å². The molecule has 0 N–H and O–H groups in total. The summed E-state index contributed by atoms with van der Waals surface area (Å²) >= 11 is 2.97. The summed E-state index contributed by atoms with van der Waals surface area (Å²) in [7, 11) is 1.68. The van der Waals surface area contributed by atoms with Crippen LogP contribution in [0, 0.1) is 13.8 Å². The maximum absolute atomic E-state index is 12.3. The van der Waals surface area contributed by atoms with Gasteiger partial charge in [-0.25, -0.2) is 9.97 Å². The summed E-state index contributed by atoms with van der Waals surface area (Å²) in [5, 5.41) is 4.44. The molecule has 0 aliphatic carbocycles. The topological polar surface area (TPSA) is 68.2 Å². The molecule has 3 heterocycles. The van der Waals surface area contributed by atoms with Crippen LogP contribution >= 0.6 is 22.7 Å². The van der Waals surface area contributed by atoms with E-state index in [0.29, 0.717) is 16.8 Å². The number of likely N-dealkylation sites (N-methyl/N-ethyl adjacent to an activating group) is 1. The molecule has 0 saturated carbocycles. The number of aromatic nitrogens is 3. The number of anilines is 1. The van der Waals surface area contributed by atoms with Crippen molar-refractivity contribution in [2.45, 2.75) is 13.8 Å². The molecule has 24 heavy (non-hydrogen) atoms. The standard InChI is InChI=1S/C16H16N4O2S2/c1-10-11(2)18-14(12-5-4-7-23-12)19-15(10)22-9-13(21)20(3)16-17-6-8-24-16/h4-8H,9H2,1-3H3. The second-order valence-corrected chi connectivity index (χ2v) is 6.92. The van der Waals surface area contributed by atoms with E-state index in [4.69, 9.17) is 4.74 Å². The van der Waals surface area contributed by atoms with E-state index in [-0.39, 0.29) is 12.5 Å². The number of carbonyl (C=O) groups is 1. The van der Waals surface area contributed by atoms with E-state index in [1.54, 1.807) is 24.6 Å². The van der Waals surface area contributed by atoms with Crippen LogP contribution in [0.5, 0.6) is 5.88 Å². The van der Waals surface area contributed by atoms with E-state index in [2.05, 4.69) is 15.0 Å². The van der Waals surface area contributed by atoms with Gasteiger partial charge in [0.25, 0.3) is 5.91 Å². The normalized spacial score (nSPS) is 10.6. The average molecular weight is 360 g/mol. The largest absolute Gasteiger partial charge is 0.467 e. The third-order valence-corrected chi connectivity index (χ3v) is 5.21. The molecule has 0 saturated heterocycles. The molecule has 0 unspecified atom stereocenters. The minimum atomic E-state index is -0.182. The molecule has 0 fully saturated rings. The summed E-state index contributed by atoms with van der Waals surface area (Å²) in [6.45, 7) is 3.69. The highest BCUT2D eigenvalue weighted by molar-refractivity contribution is 7.14. The smallest absolute Gasteiger partial charge is 0.266 e. The van der Waals surface area contributed by atoms with Gasteiger partial charge < -0.3 is 4.74 Å². The molecule has 8 heteroatoms. The van der Waals surface area contributed by atoms with Crippen molar-refractivity contribution in [2.75, 3.05) is 18.6 Å². The highest BCUT2D eigenvalue weighted by atomic mass is 32.1. The average Bonchev–Trinajstić information content (AvgIpc) is 3.28. The van der Waals surface area contributed by atoms with Gasteiger partial charge in [0.2, 0.25) is 5.88 Å². The van der Waals surface area contributed by atoms with Gasteiger partial charge in [0.1, 0.15) is 0 Å². The van der Waals surface area contributed by atoms with Crippen molar-refractivity contribution in [1.29, 1.82) is 0 Å². The summed E-state index contributed by atoms with van der Waals surface area (Å²) in [4.78, 5) is 27.8. The van der Waals surface area contributed by atoms with Gasteiger partial charge in [-0.05, 0) is 25.3 Å². The number of hydrogen-bond acceptors (Lipinski definition) is 7. The molecule has 124 valence electrons. The van der Waals surface area contributed by atoms with E-state index in [9.17, 15) is 4.79 Å². The fourth-order valence-electron chi connectivity index (χ4n) is 1.97. The molecule has 0 aliphatic heterocycles. The molecule has 0 aliphatic rings. The second kappa shape index (κ2) is 7.06. The van der Waals surface area contributed by atoms with Gasteiger partial charge in [-0.3, -0.25) is 9.69 Å². The van der Waals surface area contributed by atoms with E-state index in [1.807, 2.05) is 36.7 Å². The van der Waals surface area contributed by atoms with E-state index in [1.165, 1.54) is 16.2 Å². The van der Waals surface area contributed by atoms with Gasteiger partial charge >= 0.3 is 0 Å². The summed E-state index contributed by atoms with van der Waals surface area (Å²) < 4.78 is 5.68. The van der Waals surface area contributed by atoms with Crippen LogP contribution in [0.25, 0.3) is 10.7 Å². The zero-order chi connectivity index (χ0) is 17.1. The minimum absolute atomic E-state index is 0.0999. The van der Waals surface area contributed by atoms with E-state index in [0.717, 1.165) is 16.1 Å². The van der Waals surface area contributed by atoms with Crippen molar-refractivity contribution >= 4 is 33.7 Å². The lowest BCUT2D eigenvalue weighted by Gasteiger charge is -2.15. The van der Waals surface area contributed by atoms with Crippen LogP contribution in [-0.4, -0.2) is 34.5 Å². The number of rotatable bonds is 5. The highest BCUT2D eigenvalue weighted by Gasteiger charge is 2.16. The van der Waals surface area contributed by atoms with Gasteiger partial charge in [0, 0.05) is 29.9 Å².